The molecule has 1 heterocycles. The van der Waals surface area contributed by atoms with Gasteiger partial charge in [-0.1, -0.05) is 25.4 Å². The van der Waals surface area contributed by atoms with E-state index >= 15 is 0 Å². The average molecular weight is 261 g/mol. The summed E-state index contributed by atoms with van der Waals surface area (Å²) < 4.78 is 0.752. The number of halogens is 1. The molecule has 0 aromatic carbocycles. The number of carbonyl (C=O) groups excluding carboxylic acids is 1. The maximum Gasteiger partial charge on any atom is 0.237 e. The highest BCUT2D eigenvalue weighted by Crippen LogP contribution is 2.23. The molecule has 1 rings (SSSR count). The number of hydrogen-bond donors (Lipinski definition) is 2. The number of amides is 1. The summed E-state index contributed by atoms with van der Waals surface area (Å²) in [6.07, 6.45) is 0. The molecular weight excluding hydrogens is 244 g/mol. The summed E-state index contributed by atoms with van der Waals surface area (Å²) in [7, 11) is 0. The van der Waals surface area contributed by atoms with Crippen molar-refractivity contribution in [2.45, 2.75) is 32.9 Å². The molecule has 90 valence electrons. The van der Waals surface area contributed by atoms with Crippen LogP contribution in [-0.4, -0.2) is 11.4 Å². The number of thiophene rings is 1. The lowest BCUT2D eigenvalue weighted by Gasteiger charge is -2.31. The lowest BCUT2D eigenvalue weighted by molar-refractivity contribution is -0.125. The Morgan fingerprint density at radius 2 is 2.25 bits per heavy atom. The predicted molar refractivity (Wildman–Crippen MR) is 68.6 cm³/mol. The zero-order chi connectivity index (χ0) is 12.3. The first-order valence-electron chi connectivity index (χ1n) is 5.15. The second kappa shape index (κ2) is 5.17. The van der Waals surface area contributed by atoms with Gasteiger partial charge in [-0.2, -0.15) is 0 Å². The van der Waals surface area contributed by atoms with E-state index in [4.69, 9.17) is 17.3 Å². The van der Waals surface area contributed by atoms with Crippen LogP contribution in [0.3, 0.4) is 0 Å². The van der Waals surface area contributed by atoms with E-state index in [0.717, 1.165) is 9.21 Å². The van der Waals surface area contributed by atoms with Crippen LogP contribution in [0.15, 0.2) is 12.1 Å². The molecular formula is C11H17ClN2OS. The molecule has 0 aliphatic rings. The molecule has 1 atom stereocenters. The third kappa shape index (κ3) is 2.97. The lowest BCUT2D eigenvalue weighted by atomic mass is 9.87. The summed E-state index contributed by atoms with van der Waals surface area (Å²) in [6, 6.07) is 3.79. The van der Waals surface area contributed by atoms with E-state index in [0.29, 0.717) is 6.54 Å². The zero-order valence-corrected chi connectivity index (χ0v) is 11.3. The van der Waals surface area contributed by atoms with E-state index in [-0.39, 0.29) is 11.8 Å². The molecule has 3 nitrogen and oxygen atoms in total. The van der Waals surface area contributed by atoms with Crippen molar-refractivity contribution in [3.63, 3.8) is 0 Å². The van der Waals surface area contributed by atoms with Gasteiger partial charge in [0, 0.05) is 11.4 Å². The standard InChI is InChI=1S/C11H17ClN2OS/c1-7(2)11(3,10(13)15)14-6-8-4-5-9(12)16-8/h4-5,7,14H,6H2,1-3H3,(H2,13,15). The normalized spacial score (nSPS) is 15.1. The van der Waals surface area contributed by atoms with Gasteiger partial charge < -0.3 is 5.73 Å². The van der Waals surface area contributed by atoms with E-state index in [1.165, 1.54) is 11.3 Å². The van der Waals surface area contributed by atoms with Crippen molar-refractivity contribution in [2.24, 2.45) is 11.7 Å². The highest BCUT2D eigenvalue weighted by Gasteiger charge is 2.33. The van der Waals surface area contributed by atoms with E-state index < -0.39 is 5.54 Å². The molecule has 16 heavy (non-hydrogen) atoms. The Bertz CT molecular complexity index is 378. The van der Waals surface area contributed by atoms with E-state index in [1.54, 1.807) is 0 Å². The third-order valence-corrected chi connectivity index (χ3v) is 4.16. The minimum Gasteiger partial charge on any atom is -0.368 e. The van der Waals surface area contributed by atoms with Crippen LogP contribution in [-0.2, 0) is 11.3 Å². The van der Waals surface area contributed by atoms with Crippen LogP contribution >= 0.6 is 22.9 Å². The number of rotatable bonds is 5. The van der Waals surface area contributed by atoms with Gasteiger partial charge in [0.15, 0.2) is 0 Å². The summed E-state index contributed by atoms with van der Waals surface area (Å²) in [5, 5.41) is 3.20. The van der Waals surface area contributed by atoms with Gasteiger partial charge in [-0.15, -0.1) is 11.3 Å². The Morgan fingerprint density at radius 3 is 2.62 bits per heavy atom. The zero-order valence-electron chi connectivity index (χ0n) is 9.71. The molecule has 0 saturated heterocycles. The van der Waals surface area contributed by atoms with Crippen molar-refractivity contribution in [1.29, 1.82) is 0 Å². The quantitative estimate of drug-likeness (QED) is 0.854. The van der Waals surface area contributed by atoms with Gasteiger partial charge in [0.2, 0.25) is 5.91 Å². The number of carbonyl (C=O) groups is 1. The molecule has 3 N–H and O–H groups in total. The summed E-state index contributed by atoms with van der Waals surface area (Å²) in [4.78, 5) is 12.5. The van der Waals surface area contributed by atoms with Crippen molar-refractivity contribution in [1.82, 2.24) is 5.32 Å². The maximum atomic E-state index is 11.4. The fourth-order valence-corrected chi connectivity index (χ4v) is 2.32. The second-order valence-corrected chi connectivity index (χ2v) is 6.08. The van der Waals surface area contributed by atoms with Gasteiger partial charge in [0.05, 0.1) is 9.88 Å². The summed E-state index contributed by atoms with van der Waals surface area (Å²) in [6.45, 7) is 6.38. The van der Waals surface area contributed by atoms with Gasteiger partial charge in [0.1, 0.15) is 0 Å². The van der Waals surface area contributed by atoms with Crippen molar-refractivity contribution >= 4 is 28.8 Å². The largest absolute Gasteiger partial charge is 0.368 e. The van der Waals surface area contributed by atoms with E-state index in [2.05, 4.69) is 5.32 Å². The fraction of sp³-hybridized carbons (Fsp3) is 0.545. The molecule has 1 unspecified atom stereocenters. The SMILES string of the molecule is CC(C)C(C)(NCc1ccc(Cl)s1)C(N)=O. The molecule has 0 radical (unpaired) electrons. The molecule has 5 heteroatoms. The maximum absolute atomic E-state index is 11.4. The Balaban J connectivity index is 2.68. The highest BCUT2D eigenvalue weighted by molar-refractivity contribution is 7.16. The summed E-state index contributed by atoms with van der Waals surface area (Å²) in [5.41, 5.74) is 4.73. The van der Waals surface area contributed by atoms with Gasteiger partial charge in [-0.05, 0) is 25.0 Å². The minimum absolute atomic E-state index is 0.139. The molecule has 1 amide bonds. The lowest BCUT2D eigenvalue weighted by Crippen LogP contribution is -2.56. The number of hydrogen-bond acceptors (Lipinski definition) is 3. The van der Waals surface area contributed by atoms with Crippen LogP contribution in [0, 0.1) is 5.92 Å². The molecule has 0 spiro atoms. The topological polar surface area (TPSA) is 55.1 Å². The van der Waals surface area contributed by atoms with Crippen LogP contribution in [0.4, 0.5) is 0 Å². The molecule has 0 fully saturated rings. The number of nitrogens with two attached hydrogens (primary N) is 1. The monoisotopic (exact) mass is 260 g/mol. The van der Waals surface area contributed by atoms with Crippen molar-refractivity contribution in [3.05, 3.63) is 21.3 Å². The van der Waals surface area contributed by atoms with Crippen molar-refractivity contribution in [3.8, 4) is 0 Å². The van der Waals surface area contributed by atoms with Gasteiger partial charge in [-0.25, -0.2) is 0 Å². The van der Waals surface area contributed by atoms with Crippen molar-refractivity contribution in [2.75, 3.05) is 0 Å². The average Bonchev–Trinajstić information content (AvgIpc) is 2.60. The summed E-state index contributed by atoms with van der Waals surface area (Å²) >= 11 is 7.34. The molecule has 1 aromatic rings. The van der Waals surface area contributed by atoms with Crippen LogP contribution in [0.5, 0.6) is 0 Å². The fourth-order valence-electron chi connectivity index (χ4n) is 1.29. The van der Waals surface area contributed by atoms with Crippen LogP contribution in [0.2, 0.25) is 4.34 Å². The molecule has 0 saturated carbocycles. The van der Waals surface area contributed by atoms with Crippen LogP contribution in [0.25, 0.3) is 0 Å². The Labute approximate surface area is 105 Å². The summed E-state index contributed by atoms with van der Waals surface area (Å²) in [5.74, 6) is -0.189. The molecule has 1 aromatic heterocycles. The molecule has 0 aliphatic heterocycles. The second-order valence-electron chi connectivity index (χ2n) is 4.28. The first kappa shape index (κ1) is 13.5. The smallest absolute Gasteiger partial charge is 0.237 e. The van der Waals surface area contributed by atoms with Crippen LogP contribution < -0.4 is 11.1 Å². The highest BCUT2D eigenvalue weighted by atomic mass is 35.5. The van der Waals surface area contributed by atoms with Gasteiger partial charge >= 0.3 is 0 Å². The molecule has 0 bridgehead atoms. The van der Waals surface area contributed by atoms with E-state index in [9.17, 15) is 4.79 Å². The number of primary amides is 1. The van der Waals surface area contributed by atoms with Gasteiger partial charge in [-0.3, -0.25) is 10.1 Å². The van der Waals surface area contributed by atoms with Gasteiger partial charge in [0.25, 0.3) is 0 Å². The first-order valence-corrected chi connectivity index (χ1v) is 6.35. The number of nitrogens with one attached hydrogen (secondary N) is 1. The predicted octanol–water partition coefficient (Wildman–Crippen LogP) is 2.39. The third-order valence-electron chi connectivity index (χ3n) is 2.93. The van der Waals surface area contributed by atoms with Crippen LogP contribution in [0.1, 0.15) is 25.6 Å². The molecule has 0 aliphatic carbocycles. The van der Waals surface area contributed by atoms with Crippen molar-refractivity contribution < 1.29 is 4.79 Å². The van der Waals surface area contributed by atoms with E-state index in [1.807, 2.05) is 32.9 Å². The Hall–Kier alpha value is -0.580. The minimum atomic E-state index is -0.684. The Kier molecular flexibility index (Phi) is 4.35. The Morgan fingerprint density at radius 1 is 1.62 bits per heavy atom. The first-order chi connectivity index (χ1) is 7.36.